The molecular formula is C12H16N4O4. The van der Waals surface area contributed by atoms with Crippen LogP contribution in [0.4, 0.5) is 10.5 Å². The zero-order chi connectivity index (χ0) is 15.3. The van der Waals surface area contributed by atoms with E-state index >= 15 is 0 Å². The molecule has 1 rings (SSSR count). The fraction of sp³-hybridized carbons (Fsp3) is 0.333. The van der Waals surface area contributed by atoms with Gasteiger partial charge in [-0.1, -0.05) is 0 Å². The molecule has 0 aliphatic carbocycles. The Bertz CT molecular complexity index is 525. The van der Waals surface area contributed by atoms with Crippen LogP contribution >= 0.6 is 0 Å². The molecule has 20 heavy (non-hydrogen) atoms. The zero-order valence-corrected chi connectivity index (χ0v) is 11.1. The molecule has 1 heterocycles. The number of anilines is 1. The Labute approximate surface area is 115 Å². The third kappa shape index (κ3) is 4.56. The molecule has 1 aromatic heterocycles. The zero-order valence-electron chi connectivity index (χ0n) is 11.1. The van der Waals surface area contributed by atoms with Gasteiger partial charge in [0.2, 0.25) is 5.91 Å². The highest BCUT2D eigenvalue weighted by Crippen LogP contribution is 2.08. The first-order valence-electron chi connectivity index (χ1n) is 5.76. The lowest BCUT2D eigenvalue weighted by molar-refractivity contribution is -0.136. The molecular weight excluding hydrogens is 264 g/mol. The maximum Gasteiger partial charge on any atom is 0.320 e. The Hall–Kier alpha value is -2.64. The van der Waals surface area contributed by atoms with Gasteiger partial charge < -0.3 is 21.5 Å². The molecule has 0 radical (unpaired) electrons. The van der Waals surface area contributed by atoms with Crippen LogP contribution in [0.25, 0.3) is 0 Å². The van der Waals surface area contributed by atoms with Gasteiger partial charge in [-0.05, 0) is 26.0 Å². The highest BCUT2D eigenvalue weighted by Gasteiger charge is 2.26. The Balaban J connectivity index is 2.63. The van der Waals surface area contributed by atoms with E-state index in [4.69, 9.17) is 10.8 Å². The smallest absolute Gasteiger partial charge is 0.320 e. The van der Waals surface area contributed by atoms with Gasteiger partial charge in [-0.15, -0.1) is 0 Å². The van der Waals surface area contributed by atoms with E-state index in [2.05, 4.69) is 15.6 Å². The van der Waals surface area contributed by atoms with Gasteiger partial charge >= 0.3 is 12.0 Å². The van der Waals surface area contributed by atoms with E-state index in [1.807, 2.05) is 0 Å². The summed E-state index contributed by atoms with van der Waals surface area (Å²) >= 11 is 0. The van der Waals surface area contributed by atoms with Crippen LogP contribution in [0, 0.1) is 0 Å². The second kappa shape index (κ2) is 6.00. The number of pyridine rings is 1. The van der Waals surface area contributed by atoms with Crippen LogP contribution in [0.15, 0.2) is 18.3 Å². The monoisotopic (exact) mass is 280 g/mol. The third-order valence-electron chi connectivity index (χ3n) is 2.46. The van der Waals surface area contributed by atoms with Crippen LogP contribution in [-0.4, -0.2) is 33.5 Å². The predicted octanol–water partition coefficient (Wildman–Crippen LogP) is 0.0941. The van der Waals surface area contributed by atoms with Crippen molar-refractivity contribution in [3.05, 3.63) is 24.0 Å². The Morgan fingerprint density at radius 3 is 2.45 bits per heavy atom. The lowest BCUT2D eigenvalue weighted by atomic mass is 10.1. The van der Waals surface area contributed by atoms with Crippen LogP contribution in [-0.2, 0) is 16.0 Å². The third-order valence-corrected chi connectivity index (χ3v) is 2.46. The molecule has 0 aliphatic rings. The van der Waals surface area contributed by atoms with E-state index in [0.717, 1.165) is 0 Å². The number of amides is 3. The van der Waals surface area contributed by atoms with Crippen molar-refractivity contribution in [3.8, 4) is 0 Å². The largest absolute Gasteiger partial charge is 0.481 e. The topological polar surface area (TPSA) is 134 Å². The molecule has 0 fully saturated rings. The SMILES string of the molecule is CC(C)(NC(=O)Nc1ccc(CC(=O)O)nc1)C(N)=O. The molecule has 0 aromatic carbocycles. The molecule has 5 N–H and O–H groups in total. The molecule has 8 nitrogen and oxygen atoms in total. The van der Waals surface area contributed by atoms with Crippen LogP contribution in [0.2, 0.25) is 0 Å². The molecule has 1 aromatic rings. The molecule has 0 unspecified atom stereocenters. The number of carboxylic acids is 1. The molecule has 0 bridgehead atoms. The number of carbonyl (C=O) groups excluding carboxylic acids is 2. The van der Waals surface area contributed by atoms with Gasteiger partial charge in [-0.25, -0.2) is 4.79 Å². The molecule has 8 heteroatoms. The molecule has 0 saturated carbocycles. The first-order valence-corrected chi connectivity index (χ1v) is 5.76. The summed E-state index contributed by atoms with van der Waals surface area (Å²) < 4.78 is 0. The number of primary amides is 1. The van der Waals surface area contributed by atoms with Gasteiger partial charge in [0, 0.05) is 0 Å². The second-order valence-corrected chi connectivity index (χ2v) is 4.68. The predicted molar refractivity (Wildman–Crippen MR) is 71.0 cm³/mol. The van der Waals surface area contributed by atoms with Crippen molar-refractivity contribution in [2.45, 2.75) is 25.8 Å². The number of nitrogens with zero attached hydrogens (tertiary/aromatic N) is 1. The van der Waals surface area contributed by atoms with Crippen molar-refractivity contribution in [2.75, 3.05) is 5.32 Å². The number of hydrogen-bond acceptors (Lipinski definition) is 4. The molecule has 3 amide bonds. The molecule has 0 atom stereocenters. The number of carboxylic acid groups (broad SMARTS) is 1. The summed E-state index contributed by atoms with van der Waals surface area (Å²) in [5, 5.41) is 13.5. The Morgan fingerprint density at radius 1 is 1.35 bits per heavy atom. The van der Waals surface area contributed by atoms with E-state index in [1.165, 1.54) is 32.2 Å². The van der Waals surface area contributed by atoms with Crippen molar-refractivity contribution in [3.63, 3.8) is 0 Å². The van der Waals surface area contributed by atoms with Crippen LogP contribution < -0.4 is 16.4 Å². The highest BCUT2D eigenvalue weighted by molar-refractivity contribution is 5.94. The van der Waals surface area contributed by atoms with E-state index in [0.29, 0.717) is 11.4 Å². The minimum Gasteiger partial charge on any atom is -0.481 e. The summed E-state index contributed by atoms with van der Waals surface area (Å²) in [5.74, 6) is -1.65. The average Bonchev–Trinajstić information content (AvgIpc) is 2.30. The minimum absolute atomic E-state index is 0.193. The quantitative estimate of drug-likeness (QED) is 0.606. The summed E-state index contributed by atoms with van der Waals surface area (Å²) in [6.07, 6.45) is 1.14. The standard InChI is InChI=1S/C12H16N4O4/c1-12(2,10(13)19)16-11(20)15-8-4-3-7(14-6-8)5-9(17)18/h3-4,6H,5H2,1-2H3,(H2,13,19)(H,17,18)(H2,15,16,20). The average molecular weight is 280 g/mol. The summed E-state index contributed by atoms with van der Waals surface area (Å²) in [5.41, 5.74) is 4.70. The molecule has 0 spiro atoms. The van der Waals surface area contributed by atoms with Gasteiger partial charge in [0.1, 0.15) is 5.54 Å². The lowest BCUT2D eigenvalue weighted by Crippen LogP contribution is -2.54. The second-order valence-electron chi connectivity index (χ2n) is 4.68. The van der Waals surface area contributed by atoms with Crippen LogP contribution in [0.3, 0.4) is 0 Å². The van der Waals surface area contributed by atoms with Crippen molar-refractivity contribution in [1.82, 2.24) is 10.3 Å². The van der Waals surface area contributed by atoms with Crippen LogP contribution in [0.5, 0.6) is 0 Å². The van der Waals surface area contributed by atoms with E-state index < -0.39 is 23.4 Å². The number of rotatable bonds is 5. The Morgan fingerprint density at radius 2 is 2.00 bits per heavy atom. The van der Waals surface area contributed by atoms with Crippen molar-refractivity contribution in [2.24, 2.45) is 5.73 Å². The van der Waals surface area contributed by atoms with E-state index in [9.17, 15) is 14.4 Å². The van der Waals surface area contributed by atoms with Gasteiger partial charge in [0.25, 0.3) is 0 Å². The summed E-state index contributed by atoms with van der Waals surface area (Å²) in [6.45, 7) is 2.95. The first kappa shape index (κ1) is 15.4. The fourth-order valence-electron chi connectivity index (χ4n) is 1.27. The van der Waals surface area contributed by atoms with Gasteiger partial charge in [-0.3, -0.25) is 14.6 Å². The number of aliphatic carboxylic acids is 1. The number of carbonyl (C=O) groups is 3. The summed E-state index contributed by atoms with van der Waals surface area (Å²) in [6, 6.07) is 2.40. The van der Waals surface area contributed by atoms with Gasteiger partial charge in [0.15, 0.2) is 0 Å². The van der Waals surface area contributed by atoms with Crippen molar-refractivity contribution >= 4 is 23.6 Å². The lowest BCUT2D eigenvalue weighted by Gasteiger charge is -2.22. The number of nitrogens with two attached hydrogens (primary N) is 1. The fourth-order valence-corrected chi connectivity index (χ4v) is 1.27. The van der Waals surface area contributed by atoms with Crippen molar-refractivity contribution < 1.29 is 19.5 Å². The normalized spacial score (nSPS) is 10.7. The van der Waals surface area contributed by atoms with Gasteiger partial charge in [-0.2, -0.15) is 0 Å². The van der Waals surface area contributed by atoms with Crippen LogP contribution in [0.1, 0.15) is 19.5 Å². The van der Waals surface area contributed by atoms with Crippen molar-refractivity contribution in [1.29, 1.82) is 0 Å². The number of hydrogen-bond donors (Lipinski definition) is 4. The molecule has 0 saturated heterocycles. The summed E-state index contributed by atoms with van der Waals surface area (Å²) in [4.78, 5) is 37.1. The molecule has 0 aliphatic heterocycles. The number of nitrogens with one attached hydrogen (secondary N) is 2. The van der Waals surface area contributed by atoms with Gasteiger partial charge in [0.05, 0.1) is 24.0 Å². The summed E-state index contributed by atoms with van der Waals surface area (Å²) in [7, 11) is 0. The highest BCUT2D eigenvalue weighted by atomic mass is 16.4. The van der Waals surface area contributed by atoms with E-state index in [-0.39, 0.29) is 6.42 Å². The Kier molecular flexibility index (Phi) is 4.63. The first-order chi connectivity index (χ1) is 9.20. The number of aromatic nitrogens is 1. The van der Waals surface area contributed by atoms with E-state index in [1.54, 1.807) is 0 Å². The number of urea groups is 1. The maximum atomic E-state index is 11.6. The molecule has 108 valence electrons. The minimum atomic E-state index is -1.18. The maximum absolute atomic E-state index is 11.6.